The molecule has 0 rings (SSSR count). The van der Waals surface area contributed by atoms with Gasteiger partial charge in [-0.25, -0.2) is 9.80 Å². The Hall–Kier alpha value is -0.480. The van der Waals surface area contributed by atoms with E-state index in [0.717, 1.165) is 0 Å². The van der Waals surface area contributed by atoms with E-state index in [-0.39, 0.29) is 12.4 Å². The van der Waals surface area contributed by atoms with E-state index in [1.807, 2.05) is 13.8 Å². The molecule has 1 amide bonds. The first-order valence-corrected chi connectivity index (χ1v) is 2.95. The van der Waals surface area contributed by atoms with Crippen LogP contribution in [0.15, 0.2) is 0 Å². The number of rotatable bonds is 3. The highest BCUT2D eigenvalue weighted by Gasteiger charge is 1.99. The number of nitrogens with one attached hydrogen (secondary N) is 1. The monoisotopic (exact) mass is 168 g/mol. The van der Waals surface area contributed by atoms with E-state index in [1.54, 1.807) is 5.01 Å². The molecule has 0 saturated heterocycles. The molecular weight excluding hydrogens is 156 g/mol. The lowest BCUT2D eigenvalue weighted by Crippen LogP contribution is -2.40. The van der Waals surface area contributed by atoms with Crippen LogP contribution in [0.3, 0.4) is 0 Å². The predicted molar refractivity (Wildman–Crippen MR) is 41.3 cm³/mol. The van der Waals surface area contributed by atoms with Gasteiger partial charge in [0.25, 0.3) is 0 Å². The van der Waals surface area contributed by atoms with Gasteiger partial charge in [-0.15, -0.1) is 12.4 Å². The smallest absolute Gasteiger partial charge is 0.419 e. The average molecular weight is 169 g/mol. The molecule has 0 aromatic carbocycles. The van der Waals surface area contributed by atoms with Crippen LogP contribution in [0.25, 0.3) is 0 Å². The van der Waals surface area contributed by atoms with Crippen LogP contribution in [0.4, 0.5) is 4.79 Å². The Morgan fingerprint density at radius 3 is 2.00 bits per heavy atom. The van der Waals surface area contributed by atoms with Crippen LogP contribution in [0.2, 0.25) is 0 Å². The molecule has 2 N–H and O–H groups in total. The van der Waals surface area contributed by atoms with E-state index in [1.165, 1.54) is 0 Å². The molecule has 0 aliphatic carbocycles. The van der Waals surface area contributed by atoms with Gasteiger partial charge in [-0.05, 0) is 0 Å². The summed E-state index contributed by atoms with van der Waals surface area (Å²) in [7, 11) is 0. The fraction of sp³-hybridized carbons (Fsp3) is 0.800. The number of amides is 1. The maximum atomic E-state index is 9.97. The summed E-state index contributed by atoms with van der Waals surface area (Å²) in [6.07, 6.45) is -1.00. The Kier molecular flexibility index (Phi) is 8.11. The minimum absolute atomic E-state index is 0. The van der Waals surface area contributed by atoms with Crippen LogP contribution >= 0.6 is 12.4 Å². The summed E-state index contributed by atoms with van der Waals surface area (Å²) in [5.41, 5.74) is 2.23. The number of nitrogens with zero attached hydrogens (tertiary/aromatic N) is 1. The van der Waals surface area contributed by atoms with Gasteiger partial charge < -0.3 is 5.11 Å². The highest BCUT2D eigenvalue weighted by atomic mass is 35.5. The number of carbonyl (C=O) groups is 1. The minimum atomic E-state index is -1.00. The number of hydrogen-bond donors (Lipinski definition) is 2. The molecule has 0 saturated carbocycles. The molecule has 0 aromatic rings. The zero-order valence-corrected chi connectivity index (χ0v) is 6.94. The fourth-order valence-corrected chi connectivity index (χ4v) is 0.517. The van der Waals surface area contributed by atoms with Crippen molar-refractivity contribution in [2.45, 2.75) is 13.8 Å². The zero-order chi connectivity index (χ0) is 7.28. The van der Waals surface area contributed by atoms with E-state index in [4.69, 9.17) is 5.11 Å². The van der Waals surface area contributed by atoms with E-state index < -0.39 is 6.09 Å². The third kappa shape index (κ3) is 5.65. The topological polar surface area (TPSA) is 52.6 Å². The summed E-state index contributed by atoms with van der Waals surface area (Å²) in [4.78, 5) is 9.97. The van der Waals surface area contributed by atoms with Gasteiger partial charge in [0.2, 0.25) is 0 Å². The third-order valence-corrected chi connectivity index (χ3v) is 1.02. The molecule has 62 valence electrons. The zero-order valence-electron chi connectivity index (χ0n) is 6.13. The Labute approximate surface area is 66.6 Å². The maximum Gasteiger partial charge on any atom is 0.419 e. The molecule has 0 bridgehead atoms. The molecule has 0 radical (unpaired) electrons. The van der Waals surface area contributed by atoms with Crippen molar-refractivity contribution in [3.05, 3.63) is 0 Å². The van der Waals surface area contributed by atoms with Crippen molar-refractivity contribution in [3.8, 4) is 0 Å². The van der Waals surface area contributed by atoms with Gasteiger partial charge in [0.15, 0.2) is 0 Å². The van der Waals surface area contributed by atoms with Crippen molar-refractivity contribution < 1.29 is 9.90 Å². The SMILES string of the molecule is CCN(CC)NC(=O)O.Cl. The average Bonchev–Trinajstić information content (AvgIpc) is 1.82. The Balaban J connectivity index is 0. The van der Waals surface area contributed by atoms with Gasteiger partial charge in [0.05, 0.1) is 0 Å². The summed E-state index contributed by atoms with van der Waals surface area (Å²) < 4.78 is 0. The number of hydrazine groups is 1. The lowest BCUT2D eigenvalue weighted by molar-refractivity contribution is 0.146. The fourth-order valence-electron chi connectivity index (χ4n) is 0.517. The highest BCUT2D eigenvalue weighted by molar-refractivity contribution is 5.85. The Morgan fingerprint density at radius 1 is 1.50 bits per heavy atom. The summed E-state index contributed by atoms with van der Waals surface area (Å²) in [6.45, 7) is 5.17. The molecular formula is C5H13ClN2O2. The van der Waals surface area contributed by atoms with Gasteiger partial charge in [0.1, 0.15) is 0 Å². The highest BCUT2D eigenvalue weighted by Crippen LogP contribution is 1.77. The first kappa shape index (κ1) is 12.2. The van der Waals surface area contributed by atoms with Crippen molar-refractivity contribution in [2.24, 2.45) is 0 Å². The second kappa shape index (κ2) is 6.64. The lowest BCUT2D eigenvalue weighted by atomic mass is 10.6. The van der Waals surface area contributed by atoms with Crippen LogP contribution < -0.4 is 5.43 Å². The first-order chi connectivity index (χ1) is 4.20. The van der Waals surface area contributed by atoms with Gasteiger partial charge in [-0.2, -0.15) is 0 Å². The molecule has 0 aliphatic rings. The van der Waals surface area contributed by atoms with Crippen molar-refractivity contribution in [1.82, 2.24) is 10.4 Å². The van der Waals surface area contributed by atoms with Gasteiger partial charge in [-0.3, -0.25) is 5.43 Å². The normalized spacial score (nSPS) is 8.70. The summed E-state index contributed by atoms with van der Waals surface area (Å²) >= 11 is 0. The van der Waals surface area contributed by atoms with Crippen molar-refractivity contribution in [3.63, 3.8) is 0 Å². The molecule has 10 heavy (non-hydrogen) atoms. The van der Waals surface area contributed by atoms with Crippen LogP contribution in [0, 0.1) is 0 Å². The van der Waals surface area contributed by atoms with Gasteiger partial charge in [-0.1, -0.05) is 13.8 Å². The molecule has 5 heteroatoms. The molecule has 0 aliphatic heterocycles. The third-order valence-electron chi connectivity index (χ3n) is 1.02. The van der Waals surface area contributed by atoms with Crippen LogP contribution in [0.5, 0.6) is 0 Å². The Morgan fingerprint density at radius 2 is 1.90 bits per heavy atom. The summed E-state index contributed by atoms with van der Waals surface area (Å²) in [5.74, 6) is 0. The second-order valence-corrected chi connectivity index (χ2v) is 1.59. The lowest BCUT2D eigenvalue weighted by Gasteiger charge is -2.15. The van der Waals surface area contributed by atoms with Crippen LogP contribution in [0.1, 0.15) is 13.8 Å². The summed E-state index contributed by atoms with van der Waals surface area (Å²) in [6, 6.07) is 0. The van der Waals surface area contributed by atoms with E-state index in [2.05, 4.69) is 5.43 Å². The van der Waals surface area contributed by atoms with Crippen LogP contribution in [-0.4, -0.2) is 29.3 Å². The second-order valence-electron chi connectivity index (χ2n) is 1.59. The van der Waals surface area contributed by atoms with E-state index >= 15 is 0 Å². The predicted octanol–water partition coefficient (Wildman–Crippen LogP) is 0.933. The molecule has 0 heterocycles. The largest absolute Gasteiger partial charge is 0.464 e. The number of hydrogen-bond acceptors (Lipinski definition) is 2. The Bertz CT molecular complexity index is 95.6. The van der Waals surface area contributed by atoms with Gasteiger partial charge >= 0.3 is 6.09 Å². The minimum Gasteiger partial charge on any atom is -0.464 e. The van der Waals surface area contributed by atoms with Crippen molar-refractivity contribution in [1.29, 1.82) is 0 Å². The number of carboxylic acid groups (broad SMARTS) is 1. The molecule has 0 spiro atoms. The molecule has 4 nitrogen and oxygen atoms in total. The standard InChI is InChI=1S/C5H12N2O2.ClH/c1-3-7(4-2)6-5(8)9;/h6H,3-4H2,1-2H3,(H,8,9);1H. The summed E-state index contributed by atoms with van der Waals surface area (Å²) in [5, 5.41) is 9.79. The maximum absolute atomic E-state index is 9.97. The molecule has 0 unspecified atom stereocenters. The van der Waals surface area contributed by atoms with Crippen molar-refractivity contribution >= 4 is 18.5 Å². The van der Waals surface area contributed by atoms with Crippen molar-refractivity contribution in [2.75, 3.05) is 13.1 Å². The number of halogens is 1. The van der Waals surface area contributed by atoms with Crippen LogP contribution in [-0.2, 0) is 0 Å². The molecule has 0 aromatic heterocycles. The van der Waals surface area contributed by atoms with E-state index in [0.29, 0.717) is 13.1 Å². The quantitative estimate of drug-likeness (QED) is 0.617. The van der Waals surface area contributed by atoms with Gasteiger partial charge in [0, 0.05) is 13.1 Å². The van der Waals surface area contributed by atoms with E-state index in [9.17, 15) is 4.79 Å². The molecule has 0 atom stereocenters. The first-order valence-electron chi connectivity index (χ1n) is 2.95. The molecule has 0 fully saturated rings.